The standard InChI is InChI=1S/C17H34N2/c1-14(2)12-16-17(19-13-18-16)15-10-8-6-4-3-5-7-9-11-15/h14-19H,3-13H2,1-2H3. The van der Waals surface area contributed by atoms with Gasteiger partial charge in [0, 0.05) is 18.8 Å². The molecule has 19 heavy (non-hydrogen) atoms. The second-order valence-electron chi connectivity index (χ2n) is 7.16. The van der Waals surface area contributed by atoms with Gasteiger partial charge in [-0.2, -0.15) is 0 Å². The minimum absolute atomic E-state index is 0.716. The molecule has 0 aromatic rings. The summed E-state index contributed by atoms with van der Waals surface area (Å²) in [5, 5.41) is 7.44. The van der Waals surface area contributed by atoms with Crippen molar-refractivity contribution >= 4 is 0 Å². The van der Waals surface area contributed by atoms with Gasteiger partial charge in [-0.05, 0) is 31.1 Å². The molecule has 1 heterocycles. The van der Waals surface area contributed by atoms with Crippen LogP contribution in [0.1, 0.15) is 78.1 Å². The number of hydrogen-bond donors (Lipinski definition) is 2. The van der Waals surface area contributed by atoms with E-state index >= 15 is 0 Å². The lowest BCUT2D eigenvalue weighted by molar-refractivity contribution is 0.275. The minimum atomic E-state index is 0.716. The van der Waals surface area contributed by atoms with Gasteiger partial charge in [0.2, 0.25) is 0 Å². The fraction of sp³-hybridized carbons (Fsp3) is 1.00. The largest absolute Gasteiger partial charge is 0.300 e. The molecular weight excluding hydrogens is 232 g/mol. The molecule has 2 nitrogen and oxygen atoms in total. The molecule has 0 aromatic heterocycles. The monoisotopic (exact) mass is 266 g/mol. The highest BCUT2D eigenvalue weighted by atomic mass is 15.2. The van der Waals surface area contributed by atoms with E-state index in [-0.39, 0.29) is 0 Å². The molecule has 0 aromatic carbocycles. The molecule has 112 valence electrons. The topological polar surface area (TPSA) is 24.1 Å². The second-order valence-corrected chi connectivity index (χ2v) is 7.16. The fourth-order valence-corrected chi connectivity index (χ4v) is 4.01. The maximum Gasteiger partial charge on any atom is 0.0459 e. The Bertz CT molecular complexity index is 229. The van der Waals surface area contributed by atoms with E-state index in [2.05, 4.69) is 24.5 Å². The molecule has 1 aliphatic heterocycles. The number of rotatable bonds is 3. The van der Waals surface area contributed by atoms with Gasteiger partial charge in [0.25, 0.3) is 0 Å². The van der Waals surface area contributed by atoms with E-state index in [0.29, 0.717) is 6.04 Å². The molecule has 1 aliphatic carbocycles. The van der Waals surface area contributed by atoms with E-state index in [1.54, 1.807) is 0 Å². The van der Waals surface area contributed by atoms with E-state index in [4.69, 9.17) is 0 Å². The summed E-state index contributed by atoms with van der Waals surface area (Å²) in [6, 6.07) is 1.45. The van der Waals surface area contributed by atoms with Crippen LogP contribution in [0, 0.1) is 11.8 Å². The van der Waals surface area contributed by atoms with Gasteiger partial charge < -0.3 is 5.32 Å². The van der Waals surface area contributed by atoms with Crippen LogP contribution in [0.2, 0.25) is 0 Å². The van der Waals surface area contributed by atoms with Crippen molar-refractivity contribution in [3.63, 3.8) is 0 Å². The second kappa shape index (κ2) is 8.26. The van der Waals surface area contributed by atoms with Crippen molar-refractivity contribution in [2.75, 3.05) is 6.67 Å². The summed E-state index contributed by atoms with van der Waals surface area (Å²) >= 11 is 0. The summed E-state index contributed by atoms with van der Waals surface area (Å²) in [5.74, 6) is 1.72. The molecule has 2 unspecified atom stereocenters. The normalized spacial score (nSPS) is 31.7. The summed E-state index contributed by atoms with van der Waals surface area (Å²) < 4.78 is 0. The lowest BCUT2D eigenvalue weighted by atomic mass is 9.82. The Morgan fingerprint density at radius 3 is 2.00 bits per heavy atom. The van der Waals surface area contributed by atoms with Crippen LogP contribution in [0.15, 0.2) is 0 Å². The summed E-state index contributed by atoms with van der Waals surface area (Å²) in [7, 11) is 0. The zero-order chi connectivity index (χ0) is 13.5. The van der Waals surface area contributed by atoms with Crippen LogP contribution in [0.4, 0.5) is 0 Å². The van der Waals surface area contributed by atoms with Crippen LogP contribution in [0.5, 0.6) is 0 Å². The van der Waals surface area contributed by atoms with Gasteiger partial charge in [-0.1, -0.05) is 58.8 Å². The molecule has 0 spiro atoms. The van der Waals surface area contributed by atoms with Crippen LogP contribution in [-0.2, 0) is 0 Å². The van der Waals surface area contributed by atoms with E-state index in [1.807, 2.05) is 0 Å². The Hall–Kier alpha value is -0.0800. The van der Waals surface area contributed by atoms with Crippen LogP contribution >= 0.6 is 0 Å². The molecule has 2 heteroatoms. The van der Waals surface area contributed by atoms with E-state index in [9.17, 15) is 0 Å². The van der Waals surface area contributed by atoms with Crippen LogP contribution in [0.25, 0.3) is 0 Å². The Labute approximate surface area is 120 Å². The maximum absolute atomic E-state index is 3.75. The molecule has 1 saturated carbocycles. The molecule has 2 rings (SSSR count). The van der Waals surface area contributed by atoms with Crippen molar-refractivity contribution in [3.05, 3.63) is 0 Å². The highest BCUT2D eigenvalue weighted by Gasteiger charge is 2.32. The molecule has 1 saturated heterocycles. The molecule has 0 amide bonds. The molecule has 2 fully saturated rings. The Kier molecular flexibility index (Phi) is 6.66. The molecule has 2 N–H and O–H groups in total. The van der Waals surface area contributed by atoms with E-state index < -0.39 is 0 Å². The van der Waals surface area contributed by atoms with Crippen molar-refractivity contribution < 1.29 is 0 Å². The summed E-state index contributed by atoms with van der Waals surface area (Å²) in [6.45, 7) is 5.73. The van der Waals surface area contributed by atoms with Gasteiger partial charge in [-0.3, -0.25) is 5.32 Å². The highest BCUT2D eigenvalue weighted by Crippen LogP contribution is 2.28. The fourth-order valence-electron chi connectivity index (χ4n) is 4.01. The van der Waals surface area contributed by atoms with Crippen molar-refractivity contribution in [2.24, 2.45) is 11.8 Å². The van der Waals surface area contributed by atoms with Gasteiger partial charge in [-0.25, -0.2) is 0 Å². The van der Waals surface area contributed by atoms with Crippen LogP contribution in [-0.4, -0.2) is 18.8 Å². The van der Waals surface area contributed by atoms with Gasteiger partial charge in [0.1, 0.15) is 0 Å². The number of nitrogens with one attached hydrogen (secondary N) is 2. The average molecular weight is 266 g/mol. The third kappa shape index (κ3) is 5.07. The average Bonchev–Trinajstić information content (AvgIpc) is 2.83. The zero-order valence-corrected chi connectivity index (χ0v) is 13.1. The third-order valence-electron chi connectivity index (χ3n) is 5.02. The minimum Gasteiger partial charge on any atom is -0.300 e. The van der Waals surface area contributed by atoms with Gasteiger partial charge in [0.05, 0.1) is 0 Å². The third-order valence-corrected chi connectivity index (χ3v) is 5.02. The lowest BCUT2D eigenvalue weighted by Crippen LogP contribution is -2.41. The summed E-state index contributed by atoms with van der Waals surface area (Å²) in [4.78, 5) is 0. The lowest BCUT2D eigenvalue weighted by Gasteiger charge is -2.30. The van der Waals surface area contributed by atoms with Crippen molar-refractivity contribution in [3.8, 4) is 0 Å². The molecular formula is C17H34N2. The molecule has 2 aliphatic rings. The first kappa shape index (κ1) is 15.3. The Morgan fingerprint density at radius 2 is 1.42 bits per heavy atom. The molecule has 0 radical (unpaired) electrons. The van der Waals surface area contributed by atoms with Gasteiger partial charge in [-0.15, -0.1) is 0 Å². The Morgan fingerprint density at radius 1 is 0.842 bits per heavy atom. The SMILES string of the molecule is CC(C)CC1NCNC1C1CCCCCCCCC1. The van der Waals surface area contributed by atoms with Crippen molar-refractivity contribution in [1.29, 1.82) is 0 Å². The molecule has 0 bridgehead atoms. The van der Waals surface area contributed by atoms with Crippen LogP contribution in [0.3, 0.4) is 0 Å². The molecule has 2 atom stereocenters. The van der Waals surface area contributed by atoms with E-state index in [0.717, 1.165) is 24.5 Å². The number of hydrogen-bond acceptors (Lipinski definition) is 2. The van der Waals surface area contributed by atoms with Gasteiger partial charge >= 0.3 is 0 Å². The zero-order valence-electron chi connectivity index (χ0n) is 13.1. The first-order chi connectivity index (χ1) is 9.27. The van der Waals surface area contributed by atoms with Crippen molar-refractivity contribution in [1.82, 2.24) is 10.6 Å². The maximum atomic E-state index is 3.75. The Balaban J connectivity index is 1.88. The van der Waals surface area contributed by atoms with Crippen LogP contribution < -0.4 is 10.6 Å². The first-order valence-corrected chi connectivity index (χ1v) is 8.74. The predicted octanol–water partition coefficient (Wildman–Crippen LogP) is 4.06. The smallest absolute Gasteiger partial charge is 0.0459 e. The summed E-state index contributed by atoms with van der Waals surface area (Å²) in [5.41, 5.74) is 0. The first-order valence-electron chi connectivity index (χ1n) is 8.74. The highest BCUT2D eigenvalue weighted by molar-refractivity contribution is 4.92. The van der Waals surface area contributed by atoms with E-state index in [1.165, 1.54) is 64.2 Å². The quantitative estimate of drug-likeness (QED) is 0.805. The summed E-state index contributed by atoms with van der Waals surface area (Å²) in [6.07, 6.45) is 14.5. The predicted molar refractivity (Wildman–Crippen MR) is 83.2 cm³/mol. The van der Waals surface area contributed by atoms with Gasteiger partial charge in [0.15, 0.2) is 0 Å². The van der Waals surface area contributed by atoms with Crippen molar-refractivity contribution in [2.45, 2.75) is 90.1 Å².